The van der Waals surface area contributed by atoms with E-state index in [1.165, 1.54) is 0 Å². The Morgan fingerprint density at radius 3 is 2.87 bits per heavy atom. The number of rotatable bonds is 4. The topological polar surface area (TPSA) is 76.3 Å². The lowest BCUT2D eigenvalue weighted by Crippen LogP contribution is -2.23. The third-order valence-corrected chi connectivity index (χ3v) is 2.16. The van der Waals surface area contributed by atoms with Crippen LogP contribution in [0, 0.1) is 11.3 Å². The van der Waals surface area contributed by atoms with Gasteiger partial charge in [-0.2, -0.15) is 5.26 Å². The molecule has 15 heavy (non-hydrogen) atoms. The van der Waals surface area contributed by atoms with Crippen LogP contribution in [-0.2, 0) is 0 Å². The van der Waals surface area contributed by atoms with Gasteiger partial charge in [-0.05, 0) is 18.2 Å². The summed E-state index contributed by atoms with van der Waals surface area (Å²) in [6.45, 7) is -0.131. The predicted octanol–water partition coefficient (Wildman–Crippen LogP) is 0.977. The van der Waals surface area contributed by atoms with Gasteiger partial charge in [-0.1, -0.05) is 11.6 Å². The molecule has 0 aliphatic heterocycles. The lowest BCUT2D eigenvalue weighted by atomic mass is 10.2. The van der Waals surface area contributed by atoms with E-state index in [0.29, 0.717) is 16.3 Å². The van der Waals surface area contributed by atoms with Crippen molar-refractivity contribution in [3.63, 3.8) is 0 Å². The van der Waals surface area contributed by atoms with E-state index in [0.717, 1.165) is 0 Å². The zero-order valence-electron chi connectivity index (χ0n) is 7.94. The highest BCUT2D eigenvalue weighted by Gasteiger charge is 2.05. The molecule has 0 radical (unpaired) electrons. The van der Waals surface area contributed by atoms with E-state index >= 15 is 0 Å². The molecule has 0 bridgehead atoms. The van der Waals surface area contributed by atoms with Gasteiger partial charge in [0.1, 0.15) is 0 Å². The molecule has 1 atom stereocenters. The van der Waals surface area contributed by atoms with Crippen molar-refractivity contribution in [1.29, 1.82) is 5.26 Å². The largest absolute Gasteiger partial charge is 0.394 e. The maximum atomic E-state index is 9.12. The summed E-state index contributed by atoms with van der Waals surface area (Å²) in [5.74, 6) is 0. The highest BCUT2D eigenvalue weighted by atomic mass is 35.5. The van der Waals surface area contributed by atoms with Gasteiger partial charge >= 0.3 is 0 Å². The molecule has 5 heteroatoms. The lowest BCUT2D eigenvalue weighted by Gasteiger charge is -2.11. The lowest BCUT2D eigenvalue weighted by molar-refractivity contribution is 0.105. The molecule has 0 spiro atoms. The van der Waals surface area contributed by atoms with Crippen molar-refractivity contribution in [3.05, 3.63) is 28.8 Å². The van der Waals surface area contributed by atoms with Gasteiger partial charge in [0, 0.05) is 6.54 Å². The summed E-state index contributed by atoms with van der Waals surface area (Å²) in [6.07, 6.45) is -0.841. The molecule has 0 saturated heterocycles. The Morgan fingerprint density at radius 2 is 2.27 bits per heavy atom. The number of aliphatic hydroxyl groups is 2. The van der Waals surface area contributed by atoms with Gasteiger partial charge in [-0.15, -0.1) is 0 Å². The van der Waals surface area contributed by atoms with E-state index in [1.807, 2.05) is 6.07 Å². The first-order valence-electron chi connectivity index (χ1n) is 4.40. The standard InChI is InChI=1S/C10H11ClN2O2/c11-9-2-1-7(4-12)3-10(9)13-5-8(15)6-14/h1-3,8,13-15H,5-6H2/t8-/m0/s1. The SMILES string of the molecule is N#Cc1ccc(Cl)c(NC[C@H](O)CO)c1. The van der Waals surface area contributed by atoms with Gasteiger partial charge in [0.2, 0.25) is 0 Å². The molecule has 1 aromatic rings. The number of hydrogen-bond donors (Lipinski definition) is 3. The summed E-state index contributed by atoms with van der Waals surface area (Å²) in [5, 5.41) is 29.7. The van der Waals surface area contributed by atoms with Gasteiger partial charge in [-0.25, -0.2) is 0 Å². The maximum absolute atomic E-state index is 9.12. The molecule has 0 aliphatic rings. The van der Waals surface area contributed by atoms with Crippen LogP contribution in [0.4, 0.5) is 5.69 Å². The Morgan fingerprint density at radius 1 is 1.53 bits per heavy atom. The van der Waals surface area contributed by atoms with Crippen molar-refractivity contribution in [2.24, 2.45) is 0 Å². The zero-order chi connectivity index (χ0) is 11.3. The maximum Gasteiger partial charge on any atom is 0.0992 e. The second-order valence-corrected chi connectivity index (χ2v) is 3.43. The third-order valence-electron chi connectivity index (χ3n) is 1.83. The van der Waals surface area contributed by atoms with Crippen molar-refractivity contribution in [1.82, 2.24) is 0 Å². The van der Waals surface area contributed by atoms with Crippen LogP contribution in [0.5, 0.6) is 0 Å². The van der Waals surface area contributed by atoms with Crippen LogP contribution in [0.25, 0.3) is 0 Å². The van der Waals surface area contributed by atoms with E-state index in [2.05, 4.69) is 5.32 Å². The smallest absolute Gasteiger partial charge is 0.0992 e. The average molecular weight is 227 g/mol. The zero-order valence-corrected chi connectivity index (χ0v) is 8.70. The van der Waals surface area contributed by atoms with Crippen molar-refractivity contribution < 1.29 is 10.2 Å². The fourth-order valence-corrected chi connectivity index (χ4v) is 1.21. The summed E-state index contributed by atoms with van der Waals surface area (Å²) >= 11 is 5.86. The summed E-state index contributed by atoms with van der Waals surface area (Å²) in [4.78, 5) is 0. The van der Waals surface area contributed by atoms with E-state index < -0.39 is 6.10 Å². The fourth-order valence-electron chi connectivity index (χ4n) is 1.02. The molecule has 1 aromatic carbocycles. The summed E-state index contributed by atoms with van der Waals surface area (Å²) in [7, 11) is 0. The molecular weight excluding hydrogens is 216 g/mol. The molecule has 0 amide bonds. The molecule has 3 N–H and O–H groups in total. The monoisotopic (exact) mass is 226 g/mol. The minimum Gasteiger partial charge on any atom is -0.394 e. The van der Waals surface area contributed by atoms with Gasteiger partial charge in [0.15, 0.2) is 0 Å². The first-order valence-corrected chi connectivity index (χ1v) is 4.77. The van der Waals surface area contributed by atoms with Crippen LogP contribution < -0.4 is 5.32 Å². The Hall–Kier alpha value is -1.28. The van der Waals surface area contributed by atoms with Gasteiger partial charge in [-0.3, -0.25) is 0 Å². The van der Waals surface area contributed by atoms with Gasteiger partial charge in [0.05, 0.1) is 35.1 Å². The molecule has 0 aromatic heterocycles. The molecular formula is C10H11ClN2O2. The molecule has 0 fully saturated rings. The second kappa shape index (κ2) is 5.56. The first kappa shape index (κ1) is 11.8. The molecule has 0 saturated carbocycles. The molecule has 80 valence electrons. The highest BCUT2D eigenvalue weighted by Crippen LogP contribution is 2.22. The van der Waals surface area contributed by atoms with Crippen molar-refractivity contribution in [3.8, 4) is 6.07 Å². The Bertz CT molecular complexity index is 376. The summed E-state index contributed by atoms with van der Waals surface area (Å²) in [5.41, 5.74) is 1.06. The number of benzene rings is 1. The van der Waals surface area contributed by atoms with Crippen LogP contribution in [0.2, 0.25) is 5.02 Å². The predicted molar refractivity (Wildman–Crippen MR) is 57.7 cm³/mol. The number of aliphatic hydroxyl groups excluding tert-OH is 2. The van der Waals surface area contributed by atoms with Crippen molar-refractivity contribution >= 4 is 17.3 Å². The number of anilines is 1. The number of hydrogen-bond acceptors (Lipinski definition) is 4. The number of halogens is 1. The highest BCUT2D eigenvalue weighted by molar-refractivity contribution is 6.33. The summed E-state index contributed by atoms with van der Waals surface area (Å²) < 4.78 is 0. The van der Waals surface area contributed by atoms with Crippen LogP contribution in [-0.4, -0.2) is 29.5 Å². The minimum absolute atomic E-state index is 0.186. The first-order chi connectivity index (χ1) is 7.17. The van der Waals surface area contributed by atoms with Gasteiger partial charge < -0.3 is 15.5 Å². The van der Waals surface area contributed by atoms with Crippen molar-refractivity contribution in [2.45, 2.75) is 6.10 Å². The van der Waals surface area contributed by atoms with E-state index in [4.69, 9.17) is 27.1 Å². The van der Waals surface area contributed by atoms with E-state index in [-0.39, 0.29) is 13.2 Å². The normalized spacial score (nSPS) is 11.9. The molecule has 0 heterocycles. The van der Waals surface area contributed by atoms with Crippen molar-refractivity contribution in [2.75, 3.05) is 18.5 Å². The van der Waals surface area contributed by atoms with E-state index in [9.17, 15) is 0 Å². The molecule has 0 aliphatic carbocycles. The second-order valence-electron chi connectivity index (χ2n) is 3.02. The molecule has 0 unspecified atom stereocenters. The summed E-state index contributed by atoms with van der Waals surface area (Å²) in [6, 6.07) is 6.79. The number of nitrogens with one attached hydrogen (secondary N) is 1. The van der Waals surface area contributed by atoms with Crippen LogP contribution in [0.15, 0.2) is 18.2 Å². The molecule has 1 rings (SSSR count). The van der Waals surface area contributed by atoms with E-state index in [1.54, 1.807) is 18.2 Å². The number of nitrogens with zero attached hydrogens (tertiary/aromatic N) is 1. The van der Waals surface area contributed by atoms with Crippen LogP contribution in [0.1, 0.15) is 5.56 Å². The van der Waals surface area contributed by atoms with Crippen LogP contribution in [0.3, 0.4) is 0 Å². The van der Waals surface area contributed by atoms with Gasteiger partial charge in [0.25, 0.3) is 0 Å². The Kier molecular flexibility index (Phi) is 4.37. The Balaban J connectivity index is 2.72. The van der Waals surface area contributed by atoms with Crippen LogP contribution >= 0.6 is 11.6 Å². The average Bonchev–Trinajstić information content (AvgIpc) is 2.27. The third kappa shape index (κ3) is 3.40. The fraction of sp³-hybridized carbons (Fsp3) is 0.300. The number of nitriles is 1. The minimum atomic E-state index is -0.841. The molecule has 4 nitrogen and oxygen atoms in total. The quantitative estimate of drug-likeness (QED) is 0.715. The Labute approximate surface area is 92.7 Å².